The van der Waals surface area contributed by atoms with E-state index in [2.05, 4.69) is 37.9 Å². The summed E-state index contributed by atoms with van der Waals surface area (Å²) in [6, 6.07) is 1.08. The molecule has 4 atom stereocenters. The first-order valence-electron chi connectivity index (χ1n) is 12.5. The molecule has 0 spiro atoms. The number of carbonyl (C=O) groups is 1. The third-order valence-corrected chi connectivity index (χ3v) is 8.56. The second-order valence-electron chi connectivity index (χ2n) is 10.3. The van der Waals surface area contributed by atoms with Crippen LogP contribution in [-0.4, -0.2) is 67.0 Å². The average Bonchev–Trinajstić information content (AvgIpc) is 3.27. The summed E-state index contributed by atoms with van der Waals surface area (Å²) >= 11 is 0. The van der Waals surface area contributed by atoms with Crippen molar-refractivity contribution >= 4 is 11.7 Å². The van der Waals surface area contributed by atoms with Crippen molar-refractivity contribution in [3.8, 4) is 0 Å². The summed E-state index contributed by atoms with van der Waals surface area (Å²) in [7, 11) is 0. The van der Waals surface area contributed by atoms with Gasteiger partial charge in [0.2, 0.25) is 5.91 Å². The van der Waals surface area contributed by atoms with Crippen molar-refractivity contribution in [3.63, 3.8) is 0 Å². The predicted octanol–water partition coefficient (Wildman–Crippen LogP) is 3.10. The lowest BCUT2D eigenvalue weighted by Crippen LogP contribution is -2.60. The highest BCUT2D eigenvalue weighted by molar-refractivity contribution is 5.77. The van der Waals surface area contributed by atoms with E-state index in [1.54, 1.807) is 16.4 Å². The van der Waals surface area contributed by atoms with Gasteiger partial charge < -0.3 is 4.90 Å². The normalized spacial score (nSPS) is 30.1. The number of piperidine rings is 3. The Morgan fingerprint density at radius 3 is 3.00 bits per heavy atom. The minimum absolute atomic E-state index is 0.303. The minimum atomic E-state index is 0.303. The quantitative estimate of drug-likeness (QED) is 0.695. The molecular formula is C25H34N6O. The van der Waals surface area contributed by atoms with Crippen LogP contribution in [0.4, 0.5) is 0 Å². The molecule has 32 heavy (non-hydrogen) atoms. The largest absolute Gasteiger partial charge is 0.336 e. The lowest BCUT2D eigenvalue weighted by Gasteiger charge is -2.54. The average molecular weight is 435 g/mol. The first kappa shape index (κ1) is 20.3. The maximum absolute atomic E-state index is 13.5. The fraction of sp³-hybridized carbons (Fsp3) is 0.680. The van der Waals surface area contributed by atoms with Crippen molar-refractivity contribution in [3.05, 3.63) is 34.9 Å². The molecular weight excluding hydrogens is 400 g/mol. The highest BCUT2D eigenvalue weighted by Gasteiger charge is 2.46. The third kappa shape index (κ3) is 3.28. The zero-order chi connectivity index (χ0) is 21.8. The van der Waals surface area contributed by atoms with Crippen molar-refractivity contribution in [2.24, 2.45) is 11.8 Å². The van der Waals surface area contributed by atoms with E-state index < -0.39 is 0 Å². The number of hydrogen-bond donors (Lipinski definition) is 0. The van der Waals surface area contributed by atoms with Gasteiger partial charge in [0.05, 0.1) is 6.04 Å². The first-order valence-corrected chi connectivity index (χ1v) is 12.5. The summed E-state index contributed by atoms with van der Waals surface area (Å²) in [5, 5.41) is 4.29. The van der Waals surface area contributed by atoms with Crippen LogP contribution in [0.25, 0.3) is 5.78 Å². The molecule has 0 N–H and O–H groups in total. The van der Waals surface area contributed by atoms with E-state index in [1.165, 1.54) is 45.2 Å². The van der Waals surface area contributed by atoms with E-state index in [0.29, 0.717) is 42.4 Å². The van der Waals surface area contributed by atoms with Crippen LogP contribution < -0.4 is 0 Å². The predicted molar refractivity (Wildman–Crippen MR) is 122 cm³/mol. The standard InChI is InChI=1S/C25H34N6O/c1-16-21(17(2)31-25(28-16)26-15-27-31)8-9-23(32)30-11-5-6-18-12-19-13-20(24(18)30)14-29-10-4-3-7-22(19)29/h12,15,19-20,22,24H,3-11,13-14H2,1-2H3/t19?,20?,22-,24-/m1/s1. The SMILES string of the molecule is Cc1nc2ncnn2c(C)c1CCC(=O)N1CCCC2=CC3CC(CN4CCCC[C@H]34)[C@@H]21. The Labute approximate surface area is 189 Å². The van der Waals surface area contributed by atoms with Crippen LogP contribution in [0.1, 0.15) is 61.9 Å². The molecule has 3 fully saturated rings. The molecule has 1 amide bonds. The van der Waals surface area contributed by atoms with Gasteiger partial charge in [-0.05, 0) is 76.3 Å². The molecule has 3 saturated heterocycles. The number of rotatable bonds is 3. The summed E-state index contributed by atoms with van der Waals surface area (Å²) < 4.78 is 1.78. The van der Waals surface area contributed by atoms with Gasteiger partial charge in [-0.25, -0.2) is 9.50 Å². The summed E-state index contributed by atoms with van der Waals surface area (Å²) in [6.07, 6.45) is 13.0. The van der Waals surface area contributed by atoms with Crippen LogP contribution in [0, 0.1) is 25.7 Å². The number of fused-ring (bicyclic) bond motifs is 7. The smallest absolute Gasteiger partial charge is 0.252 e. The Bertz CT molecular complexity index is 1070. The summed E-state index contributed by atoms with van der Waals surface area (Å²) in [5.41, 5.74) is 4.69. The molecule has 7 heteroatoms. The number of aromatic nitrogens is 4. The minimum Gasteiger partial charge on any atom is -0.336 e. The molecule has 0 saturated carbocycles. The van der Waals surface area contributed by atoms with Gasteiger partial charge in [0, 0.05) is 36.9 Å². The number of hydrogen-bond acceptors (Lipinski definition) is 5. The van der Waals surface area contributed by atoms with E-state index in [1.807, 2.05) is 6.92 Å². The molecule has 7 nitrogen and oxygen atoms in total. The molecule has 1 aliphatic carbocycles. The van der Waals surface area contributed by atoms with Gasteiger partial charge in [0.15, 0.2) is 0 Å². The molecule has 170 valence electrons. The zero-order valence-electron chi connectivity index (χ0n) is 19.3. The Morgan fingerprint density at radius 2 is 2.09 bits per heavy atom. The number of aryl methyl sites for hydroxylation is 2. The van der Waals surface area contributed by atoms with Crippen LogP contribution in [0.3, 0.4) is 0 Å². The molecule has 2 aromatic heterocycles. The van der Waals surface area contributed by atoms with E-state index in [4.69, 9.17) is 0 Å². The van der Waals surface area contributed by atoms with Gasteiger partial charge in [0.1, 0.15) is 6.33 Å². The number of likely N-dealkylation sites (tertiary alicyclic amines) is 1. The van der Waals surface area contributed by atoms with Crippen LogP contribution in [0.2, 0.25) is 0 Å². The molecule has 0 aromatic carbocycles. The lowest BCUT2D eigenvalue weighted by molar-refractivity contribution is -0.136. The van der Waals surface area contributed by atoms with Crippen LogP contribution >= 0.6 is 0 Å². The fourth-order valence-electron chi connectivity index (χ4n) is 7.15. The highest BCUT2D eigenvalue weighted by atomic mass is 16.2. The molecule has 6 rings (SSSR count). The Hall–Kier alpha value is -2.28. The third-order valence-electron chi connectivity index (χ3n) is 8.56. The van der Waals surface area contributed by atoms with Crippen molar-refractivity contribution in [2.75, 3.05) is 19.6 Å². The van der Waals surface area contributed by atoms with Gasteiger partial charge in [0.25, 0.3) is 5.78 Å². The zero-order valence-corrected chi connectivity index (χ0v) is 19.3. The maximum atomic E-state index is 13.5. The highest BCUT2D eigenvalue weighted by Crippen LogP contribution is 2.45. The molecule has 3 aliphatic heterocycles. The molecule has 0 radical (unpaired) electrons. The van der Waals surface area contributed by atoms with E-state index in [9.17, 15) is 4.79 Å². The Morgan fingerprint density at radius 1 is 1.19 bits per heavy atom. The summed E-state index contributed by atoms with van der Waals surface area (Å²) in [6.45, 7) is 7.40. The molecule has 2 bridgehead atoms. The maximum Gasteiger partial charge on any atom is 0.252 e. The number of carbonyl (C=O) groups excluding carboxylic acids is 1. The fourth-order valence-corrected chi connectivity index (χ4v) is 7.15. The van der Waals surface area contributed by atoms with E-state index in [0.717, 1.165) is 36.0 Å². The topological polar surface area (TPSA) is 66.6 Å². The van der Waals surface area contributed by atoms with E-state index in [-0.39, 0.29) is 0 Å². The van der Waals surface area contributed by atoms with Crippen molar-refractivity contribution in [1.82, 2.24) is 29.4 Å². The van der Waals surface area contributed by atoms with Crippen molar-refractivity contribution in [1.29, 1.82) is 0 Å². The number of nitrogens with zero attached hydrogens (tertiary/aromatic N) is 6. The second-order valence-corrected chi connectivity index (χ2v) is 10.3. The van der Waals surface area contributed by atoms with E-state index >= 15 is 0 Å². The van der Waals surface area contributed by atoms with Gasteiger partial charge in [-0.1, -0.05) is 18.1 Å². The molecule has 4 aliphatic rings. The van der Waals surface area contributed by atoms with Gasteiger partial charge in [-0.2, -0.15) is 10.1 Å². The Kier molecular flexibility index (Phi) is 5.05. The summed E-state index contributed by atoms with van der Waals surface area (Å²) in [4.78, 5) is 27.3. The monoisotopic (exact) mass is 434 g/mol. The van der Waals surface area contributed by atoms with Crippen molar-refractivity contribution in [2.45, 2.75) is 77.3 Å². The summed E-state index contributed by atoms with van der Waals surface area (Å²) in [5.74, 6) is 2.25. The van der Waals surface area contributed by atoms with Crippen LogP contribution in [-0.2, 0) is 11.2 Å². The Balaban J connectivity index is 1.21. The van der Waals surface area contributed by atoms with Gasteiger partial charge in [-0.3, -0.25) is 9.69 Å². The lowest BCUT2D eigenvalue weighted by atomic mass is 9.68. The first-order chi connectivity index (χ1) is 15.6. The molecule has 2 unspecified atom stereocenters. The van der Waals surface area contributed by atoms with Crippen LogP contribution in [0.5, 0.6) is 0 Å². The van der Waals surface area contributed by atoms with Gasteiger partial charge >= 0.3 is 0 Å². The van der Waals surface area contributed by atoms with Gasteiger partial charge in [-0.15, -0.1) is 0 Å². The van der Waals surface area contributed by atoms with Crippen molar-refractivity contribution < 1.29 is 4.79 Å². The molecule has 2 aromatic rings. The number of amides is 1. The molecule has 5 heterocycles. The second kappa shape index (κ2) is 7.94. The van der Waals surface area contributed by atoms with Crippen LogP contribution in [0.15, 0.2) is 18.0 Å².